The van der Waals surface area contributed by atoms with E-state index in [0.29, 0.717) is 34.9 Å². The lowest BCUT2D eigenvalue weighted by atomic mass is 9.92. The second-order valence-corrected chi connectivity index (χ2v) is 8.30. The van der Waals surface area contributed by atoms with E-state index in [4.69, 9.17) is 23.2 Å². The molecule has 0 saturated heterocycles. The van der Waals surface area contributed by atoms with Gasteiger partial charge in [-0.05, 0) is 43.0 Å². The Balaban J connectivity index is 2.33. The Morgan fingerprint density at radius 3 is 2.74 bits per heavy atom. The van der Waals surface area contributed by atoms with Crippen molar-refractivity contribution in [2.45, 2.75) is 36.5 Å². The lowest BCUT2D eigenvalue weighted by molar-refractivity contribution is 0.0513. The summed E-state index contributed by atoms with van der Waals surface area (Å²) in [5.41, 5.74) is -0.561. The average molecular weight is 323 g/mol. The van der Waals surface area contributed by atoms with Gasteiger partial charge in [-0.2, -0.15) is 0 Å². The molecule has 1 aromatic rings. The molecule has 0 radical (unpaired) electrons. The fourth-order valence-electron chi connectivity index (χ4n) is 2.85. The van der Waals surface area contributed by atoms with Crippen molar-refractivity contribution in [1.82, 2.24) is 0 Å². The summed E-state index contributed by atoms with van der Waals surface area (Å²) in [6, 6.07) is 5.01. The Labute approximate surface area is 123 Å². The standard InChI is InChI=1S/C13H16Cl2O3S/c1-19(17,18)12-3-2-6-13(12,16)8-9-7-10(14)4-5-11(9)15/h4-5,7,12,16H,2-3,6,8H2,1H3. The predicted octanol–water partition coefficient (Wildman–Crippen LogP) is 2.86. The summed E-state index contributed by atoms with van der Waals surface area (Å²) in [6.07, 6.45) is 3.05. The van der Waals surface area contributed by atoms with Crippen LogP contribution in [0.5, 0.6) is 0 Å². The summed E-state index contributed by atoms with van der Waals surface area (Å²) in [5.74, 6) is 0. The maximum absolute atomic E-state index is 11.8. The summed E-state index contributed by atoms with van der Waals surface area (Å²) in [7, 11) is -3.28. The first kappa shape index (κ1) is 15.1. The minimum atomic E-state index is -3.28. The van der Waals surface area contributed by atoms with Gasteiger partial charge in [-0.1, -0.05) is 23.2 Å². The molecule has 0 aromatic heterocycles. The molecule has 1 aliphatic carbocycles. The Morgan fingerprint density at radius 1 is 1.42 bits per heavy atom. The molecule has 2 atom stereocenters. The van der Waals surface area contributed by atoms with Crippen molar-refractivity contribution in [2.24, 2.45) is 0 Å². The SMILES string of the molecule is CS(=O)(=O)C1CCCC1(O)Cc1cc(Cl)ccc1Cl. The highest BCUT2D eigenvalue weighted by atomic mass is 35.5. The van der Waals surface area contributed by atoms with E-state index in [2.05, 4.69) is 0 Å². The third kappa shape index (κ3) is 3.24. The summed E-state index contributed by atoms with van der Waals surface area (Å²) in [6.45, 7) is 0. The van der Waals surface area contributed by atoms with Crippen molar-refractivity contribution in [3.63, 3.8) is 0 Å². The monoisotopic (exact) mass is 322 g/mol. The van der Waals surface area contributed by atoms with E-state index in [1.165, 1.54) is 6.26 Å². The minimum absolute atomic E-state index is 0.212. The Bertz CT molecular complexity index is 586. The normalized spacial score (nSPS) is 27.7. The summed E-state index contributed by atoms with van der Waals surface area (Å²) >= 11 is 12.0. The van der Waals surface area contributed by atoms with E-state index in [1.807, 2.05) is 0 Å². The van der Waals surface area contributed by atoms with Gasteiger partial charge in [0.15, 0.2) is 9.84 Å². The van der Waals surface area contributed by atoms with Gasteiger partial charge in [0, 0.05) is 22.7 Å². The molecule has 106 valence electrons. The third-order valence-corrected chi connectivity index (χ3v) is 6.01. The molecule has 1 fully saturated rings. The Kier molecular flexibility index (Phi) is 4.17. The van der Waals surface area contributed by atoms with Gasteiger partial charge in [0.1, 0.15) is 0 Å². The van der Waals surface area contributed by atoms with Crippen molar-refractivity contribution in [3.05, 3.63) is 33.8 Å². The largest absolute Gasteiger partial charge is 0.388 e. The van der Waals surface area contributed by atoms with Crippen molar-refractivity contribution in [1.29, 1.82) is 0 Å². The highest BCUT2D eigenvalue weighted by Crippen LogP contribution is 2.38. The molecule has 0 aliphatic heterocycles. The van der Waals surface area contributed by atoms with Crippen LogP contribution in [0.1, 0.15) is 24.8 Å². The molecule has 1 aliphatic rings. The summed E-state index contributed by atoms with van der Waals surface area (Å²) < 4.78 is 23.5. The quantitative estimate of drug-likeness (QED) is 0.930. The number of aliphatic hydroxyl groups is 1. The van der Waals surface area contributed by atoms with E-state index >= 15 is 0 Å². The molecule has 6 heteroatoms. The van der Waals surface area contributed by atoms with Crippen LogP contribution in [0, 0.1) is 0 Å². The fourth-order valence-corrected chi connectivity index (χ4v) is 4.82. The van der Waals surface area contributed by atoms with Gasteiger partial charge in [-0.3, -0.25) is 0 Å². The Hall–Kier alpha value is -0.290. The molecule has 0 bridgehead atoms. The van der Waals surface area contributed by atoms with Crippen LogP contribution in [0.4, 0.5) is 0 Å². The van der Waals surface area contributed by atoms with E-state index < -0.39 is 20.7 Å². The van der Waals surface area contributed by atoms with Crippen LogP contribution in [-0.2, 0) is 16.3 Å². The van der Waals surface area contributed by atoms with Gasteiger partial charge >= 0.3 is 0 Å². The molecule has 2 unspecified atom stereocenters. The van der Waals surface area contributed by atoms with Crippen LogP contribution in [0.3, 0.4) is 0 Å². The number of hydrogen-bond donors (Lipinski definition) is 1. The first-order chi connectivity index (χ1) is 8.72. The van der Waals surface area contributed by atoms with Crippen molar-refractivity contribution in [2.75, 3.05) is 6.26 Å². The number of hydrogen-bond acceptors (Lipinski definition) is 3. The molecule has 1 N–H and O–H groups in total. The second kappa shape index (κ2) is 5.24. The van der Waals surface area contributed by atoms with Crippen LogP contribution in [-0.4, -0.2) is 30.6 Å². The van der Waals surface area contributed by atoms with Crippen molar-refractivity contribution >= 4 is 33.0 Å². The third-order valence-electron chi connectivity index (χ3n) is 3.70. The lowest BCUT2D eigenvalue weighted by Gasteiger charge is -2.29. The van der Waals surface area contributed by atoms with E-state index in [-0.39, 0.29) is 6.42 Å². The second-order valence-electron chi connectivity index (χ2n) is 5.23. The number of halogens is 2. The molecule has 19 heavy (non-hydrogen) atoms. The lowest BCUT2D eigenvalue weighted by Crippen LogP contribution is -2.44. The fraction of sp³-hybridized carbons (Fsp3) is 0.538. The van der Waals surface area contributed by atoms with E-state index in [1.54, 1.807) is 18.2 Å². The zero-order valence-corrected chi connectivity index (χ0v) is 12.9. The van der Waals surface area contributed by atoms with Crippen molar-refractivity contribution < 1.29 is 13.5 Å². The zero-order chi connectivity index (χ0) is 14.3. The summed E-state index contributed by atoms with van der Waals surface area (Å²) in [4.78, 5) is 0. The van der Waals surface area contributed by atoms with Crippen LogP contribution in [0.2, 0.25) is 10.0 Å². The molecule has 1 saturated carbocycles. The van der Waals surface area contributed by atoms with Crippen LogP contribution in [0.15, 0.2) is 18.2 Å². The highest BCUT2D eigenvalue weighted by Gasteiger charge is 2.46. The van der Waals surface area contributed by atoms with Gasteiger partial charge in [0.2, 0.25) is 0 Å². The maximum Gasteiger partial charge on any atom is 0.153 e. The molecule has 0 amide bonds. The van der Waals surface area contributed by atoms with Crippen LogP contribution < -0.4 is 0 Å². The smallest absolute Gasteiger partial charge is 0.153 e. The highest BCUT2D eigenvalue weighted by molar-refractivity contribution is 7.91. The molecule has 0 heterocycles. The average Bonchev–Trinajstić information content (AvgIpc) is 2.65. The van der Waals surface area contributed by atoms with Crippen LogP contribution >= 0.6 is 23.2 Å². The zero-order valence-electron chi connectivity index (χ0n) is 10.6. The number of rotatable bonds is 3. The molecule has 1 aromatic carbocycles. The maximum atomic E-state index is 11.8. The number of sulfone groups is 1. The van der Waals surface area contributed by atoms with Gasteiger partial charge in [0.05, 0.1) is 10.9 Å². The van der Waals surface area contributed by atoms with Crippen LogP contribution in [0.25, 0.3) is 0 Å². The van der Waals surface area contributed by atoms with Gasteiger partial charge < -0.3 is 5.11 Å². The number of benzene rings is 1. The van der Waals surface area contributed by atoms with Gasteiger partial charge in [-0.25, -0.2) is 8.42 Å². The molecule has 2 rings (SSSR count). The first-order valence-corrected chi connectivity index (χ1v) is 8.78. The first-order valence-electron chi connectivity index (χ1n) is 6.07. The summed E-state index contributed by atoms with van der Waals surface area (Å²) in [5, 5.41) is 11.0. The van der Waals surface area contributed by atoms with E-state index in [0.717, 1.165) is 0 Å². The van der Waals surface area contributed by atoms with Gasteiger partial charge in [0.25, 0.3) is 0 Å². The molecular formula is C13H16Cl2O3S. The minimum Gasteiger partial charge on any atom is -0.388 e. The van der Waals surface area contributed by atoms with E-state index in [9.17, 15) is 13.5 Å². The molecule has 3 nitrogen and oxygen atoms in total. The molecule has 0 spiro atoms. The topological polar surface area (TPSA) is 54.4 Å². The van der Waals surface area contributed by atoms with Crippen molar-refractivity contribution in [3.8, 4) is 0 Å². The van der Waals surface area contributed by atoms with Gasteiger partial charge in [-0.15, -0.1) is 0 Å². The Morgan fingerprint density at radius 2 is 2.11 bits per heavy atom. The predicted molar refractivity (Wildman–Crippen MR) is 77.6 cm³/mol. The molecular weight excluding hydrogens is 307 g/mol.